The van der Waals surface area contributed by atoms with Gasteiger partial charge in [0.15, 0.2) is 0 Å². The van der Waals surface area contributed by atoms with Crippen LogP contribution in [0.25, 0.3) is 0 Å². The van der Waals surface area contributed by atoms with Crippen molar-refractivity contribution in [2.75, 3.05) is 14.2 Å². The third kappa shape index (κ3) is 4.44. The maximum Gasteiger partial charge on any atom is 0.271 e. The fraction of sp³-hybridized carbons (Fsp3) is 0.176. The zero-order valence-corrected chi connectivity index (χ0v) is 15.2. The summed E-state index contributed by atoms with van der Waals surface area (Å²) in [5, 5.41) is 4.16. The van der Waals surface area contributed by atoms with Crippen molar-refractivity contribution >= 4 is 34.2 Å². The molecule has 1 N–H and O–H groups in total. The minimum Gasteiger partial charge on any atom is -0.497 e. The summed E-state index contributed by atoms with van der Waals surface area (Å²) in [6, 6.07) is 12.7. The fourth-order valence-electron chi connectivity index (χ4n) is 1.99. The standard InChI is InChI=1S/C17H17IN2O3/c1-11(15-8-7-14(22-2)10-16(15)23-3)19-20-17(21)12-5-4-6-13(18)9-12/h4-10H,1-3H3,(H,20,21). The molecule has 0 aliphatic heterocycles. The number of methoxy groups -OCH3 is 2. The normalized spacial score (nSPS) is 11.0. The van der Waals surface area contributed by atoms with Gasteiger partial charge in [0.05, 0.1) is 19.9 Å². The second-order valence-electron chi connectivity index (χ2n) is 4.71. The van der Waals surface area contributed by atoms with E-state index in [-0.39, 0.29) is 5.91 Å². The van der Waals surface area contributed by atoms with Crippen LogP contribution in [0.3, 0.4) is 0 Å². The molecule has 0 saturated carbocycles. The van der Waals surface area contributed by atoms with Crippen molar-refractivity contribution in [3.8, 4) is 11.5 Å². The van der Waals surface area contributed by atoms with Crippen LogP contribution in [-0.2, 0) is 0 Å². The molecule has 0 aliphatic rings. The molecule has 2 aromatic rings. The Kier molecular flexibility index (Phi) is 5.97. The molecule has 120 valence electrons. The number of hydrogen-bond donors (Lipinski definition) is 1. The highest BCUT2D eigenvalue weighted by atomic mass is 127. The van der Waals surface area contributed by atoms with Gasteiger partial charge in [-0.25, -0.2) is 5.43 Å². The highest BCUT2D eigenvalue weighted by Gasteiger charge is 2.09. The summed E-state index contributed by atoms with van der Waals surface area (Å²) in [5.41, 5.74) is 4.56. The van der Waals surface area contributed by atoms with Crippen molar-refractivity contribution in [3.05, 3.63) is 57.2 Å². The lowest BCUT2D eigenvalue weighted by Gasteiger charge is -2.10. The summed E-state index contributed by atoms with van der Waals surface area (Å²) in [7, 11) is 3.17. The number of hydrogen-bond acceptors (Lipinski definition) is 4. The van der Waals surface area contributed by atoms with Crippen molar-refractivity contribution in [1.29, 1.82) is 0 Å². The monoisotopic (exact) mass is 424 g/mol. The van der Waals surface area contributed by atoms with Gasteiger partial charge in [-0.05, 0) is 59.8 Å². The number of nitrogens with zero attached hydrogens (tertiary/aromatic N) is 1. The zero-order valence-electron chi connectivity index (χ0n) is 13.1. The predicted octanol–water partition coefficient (Wildman–Crippen LogP) is 3.46. The van der Waals surface area contributed by atoms with Gasteiger partial charge in [-0.2, -0.15) is 5.10 Å². The van der Waals surface area contributed by atoms with Crippen LogP contribution < -0.4 is 14.9 Å². The van der Waals surface area contributed by atoms with E-state index in [1.54, 1.807) is 39.3 Å². The Balaban J connectivity index is 2.18. The zero-order chi connectivity index (χ0) is 16.8. The van der Waals surface area contributed by atoms with E-state index in [1.165, 1.54) is 0 Å². The summed E-state index contributed by atoms with van der Waals surface area (Å²) in [6.07, 6.45) is 0. The molecule has 2 rings (SSSR count). The Hall–Kier alpha value is -2.09. The number of benzene rings is 2. The molecule has 0 spiro atoms. The Morgan fingerprint density at radius 2 is 1.91 bits per heavy atom. The lowest BCUT2D eigenvalue weighted by Crippen LogP contribution is -2.19. The number of ether oxygens (including phenoxy) is 2. The van der Waals surface area contributed by atoms with Crippen LogP contribution in [0.2, 0.25) is 0 Å². The van der Waals surface area contributed by atoms with Crippen LogP contribution in [0.1, 0.15) is 22.8 Å². The minimum absolute atomic E-state index is 0.254. The third-order valence-electron chi connectivity index (χ3n) is 3.21. The van der Waals surface area contributed by atoms with E-state index in [1.807, 2.05) is 24.3 Å². The maximum absolute atomic E-state index is 12.1. The van der Waals surface area contributed by atoms with Gasteiger partial charge in [0, 0.05) is 20.8 Å². The quantitative estimate of drug-likeness (QED) is 0.455. The second kappa shape index (κ2) is 7.96. The van der Waals surface area contributed by atoms with Gasteiger partial charge in [0.1, 0.15) is 11.5 Å². The first-order chi connectivity index (χ1) is 11.0. The summed E-state index contributed by atoms with van der Waals surface area (Å²) in [4.78, 5) is 12.1. The number of amides is 1. The summed E-state index contributed by atoms with van der Waals surface area (Å²) in [5.74, 6) is 1.07. The van der Waals surface area contributed by atoms with E-state index in [9.17, 15) is 4.79 Å². The van der Waals surface area contributed by atoms with Gasteiger partial charge >= 0.3 is 0 Å². The first-order valence-electron chi connectivity index (χ1n) is 6.87. The Morgan fingerprint density at radius 3 is 2.57 bits per heavy atom. The van der Waals surface area contributed by atoms with Gasteiger partial charge < -0.3 is 9.47 Å². The number of hydrazone groups is 1. The molecule has 0 heterocycles. The highest BCUT2D eigenvalue weighted by Crippen LogP contribution is 2.25. The molecule has 0 saturated heterocycles. The van der Waals surface area contributed by atoms with Crippen molar-refractivity contribution in [1.82, 2.24) is 5.43 Å². The summed E-state index contributed by atoms with van der Waals surface area (Å²) < 4.78 is 11.5. The Bertz CT molecular complexity index is 744. The fourth-order valence-corrected chi connectivity index (χ4v) is 2.53. The number of carbonyl (C=O) groups excluding carboxylic acids is 1. The summed E-state index contributed by atoms with van der Waals surface area (Å²) in [6.45, 7) is 1.80. The van der Waals surface area contributed by atoms with E-state index in [0.717, 1.165) is 9.13 Å². The van der Waals surface area contributed by atoms with Crippen LogP contribution in [0.4, 0.5) is 0 Å². The molecule has 0 aromatic heterocycles. The van der Waals surface area contributed by atoms with Gasteiger partial charge in [-0.15, -0.1) is 0 Å². The molecule has 1 amide bonds. The predicted molar refractivity (Wildman–Crippen MR) is 98.4 cm³/mol. The van der Waals surface area contributed by atoms with Crippen molar-refractivity contribution in [2.24, 2.45) is 5.10 Å². The molecule has 0 radical (unpaired) electrons. The van der Waals surface area contributed by atoms with Crippen molar-refractivity contribution in [2.45, 2.75) is 6.92 Å². The molecule has 0 fully saturated rings. The van der Waals surface area contributed by atoms with Crippen molar-refractivity contribution in [3.63, 3.8) is 0 Å². The van der Waals surface area contributed by atoms with E-state index >= 15 is 0 Å². The van der Waals surface area contributed by atoms with Gasteiger partial charge in [-0.1, -0.05) is 6.07 Å². The van der Waals surface area contributed by atoms with E-state index in [4.69, 9.17) is 9.47 Å². The van der Waals surface area contributed by atoms with E-state index < -0.39 is 0 Å². The van der Waals surface area contributed by atoms with Crippen molar-refractivity contribution < 1.29 is 14.3 Å². The lowest BCUT2D eigenvalue weighted by molar-refractivity contribution is 0.0954. The topological polar surface area (TPSA) is 59.9 Å². The molecule has 0 bridgehead atoms. The van der Waals surface area contributed by atoms with Crippen LogP contribution in [0, 0.1) is 3.57 Å². The average molecular weight is 424 g/mol. The number of rotatable bonds is 5. The maximum atomic E-state index is 12.1. The minimum atomic E-state index is -0.254. The first kappa shape index (κ1) is 17.3. The van der Waals surface area contributed by atoms with Gasteiger partial charge in [0.2, 0.25) is 0 Å². The molecule has 6 heteroatoms. The molecule has 2 aromatic carbocycles. The molecule has 0 aliphatic carbocycles. The van der Waals surface area contributed by atoms with Crippen LogP contribution >= 0.6 is 22.6 Å². The molecular weight excluding hydrogens is 407 g/mol. The summed E-state index contributed by atoms with van der Waals surface area (Å²) >= 11 is 2.16. The molecule has 0 unspecified atom stereocenters. The van der Waals surface area contributed by atoms with E-state index in [0.29, 0.717) is 22.8 Å². The number of nitrogens with one attached hydrogen (secondary N) is 1. The lowest BCUT2D eigenvalue weighted by atomic mass is 10.1. The van der Waals surface area contributed by atoms with Gasteiger partial charge in [0.25, 0.3) is 5.91 Å². The van der Waals surface area contributed by atoms with Crippen LogP contribution in [0.15, 0.2) is 47.6 Å². The van der Waals surface area contributed by atoms with E-state index in [2.05, 4.69) is 33.1 Å². The molecular formula is C17H17IN2O3. The Labute approximate surface area is 148 Å². The van der Waals surface area contributed by atoms with Crippen LogP contribution in [-0.4, -0.2) is 25.8 Å². The smallest absolute Gasteiger partial charge is 0.271 e. The SMILES string of the molecule is COc1ccc(C(C)=NNC(=O)c2cccc(I)c2)c(OC)c1. The first-order valence-corrected chi connectivity index (χ1v) is 7.95. The van der Waals surface area contributed by atoms with Crippen LogP contribution in [0.5, 0.6) is 11.5 Å². The average Bonchev–Trinajstić information content (AvgIpc) is 2.58. The molecule has 0 atom stereocenters. The Morgan fingerprint density at radius 1 is 1.13 bits per heavy atom. The number of carbonyl (C=O) groups is 1. The number of halogens is 1. The third-order valence-corrected chi connectivity index (χ3v) is 3.88. The highest BCUT2D eigenvalue weighted by molar-refractivity contribution is 14.1. The largest absolute Gasteiger partial charge is 0.497 e. The molecule has 23 heavy (non-hydrogen) atoms. The second-order valence-corrected chi connectivity index (χ2v) is 5.96. The molecule has 5 nitrogen and oxygen atoms in total. The van der Waals surface area contributed by atoms with Gasteiger partial charge in [-0.3, -0.25) is 4.79 Å².